The number of likely N-dealkylation sites (tertiary alicyclic amines) is 1. The van der Waals surface area contributed by atoms with Gasteiger partial charge in [0.15, 0.2) is 0 Å². The monoisotopic (exact) mass is 481 g/mol. The van der Waals surface area contributed by atoms with Crippen LogP contribution in [-0.4, -0.2) is 55.8 Å². The molecule has 0 spiro atoms. The molecule has 10 heteroatoms. The molecule has 2 aliphatic rings. The lowest BCUT2D eigenvalue weighted by molar-refractivity contribution is -0.137. The lowest BCUT2D eigenvalue weighted by Gasteiger charge is -2.36. The van der Waals surface area contributed by atoms with Crippen molar-refractivity contribution in [2.45, 2.75) is 48.8 Å². The highest BCUT2D eigenvalue weighted by Crippen LogP contribution is 2.37. The molecule has 1 aliphatic heterocycles. The molecule has 0 bridgehead atoms. The molecule has 1 saturated heterocycles. The van der Waals surface area contributed by atoms with Crippen LogP contribution in [0.2, 0.25) is 0 Å². The van der Waals surface area contributed by atoms with Gasteiger partial charge in [0.25, 0.3) is 5.91 Å². The van der Waals surface area contributed by atoms with E-state index in [1.807, 2.05) is 7.05 Å². The second-order valence-corrected chi connectivity index (χ2v) is 10.5. The summed E-state index contributed by atoms with van der Waals surface area (Å²) < 4.78 is 66.5. The highest BCUT2D eigenvalue weighted by Gasteiger charge is 2.43. The van der Waals surface area contributed by atoms with Crippen LogP contribution in [0, 0.1) is 0 Å². The minimum absolute atomic E-state index is 0.0160. The molecule has 1 N–H and O–H groups in total. The Morgan fingerprint density at radius 1 is 0.939 bits per heavy atom. The maximum absolute atomic E-state index is 13.4. The number of halogens is 3. The van der Waals surface area contributed by atoms with Crippen molar-refractivity contribution in [3.63, 3.8) is 0 Å². The highest BCUT2D eigenvalue weighted by atomic mass is 32.2. The summed E-state index contributed by atoms with van der Waals surface area (Å²) in [6.07, 6.45) is -1.14. The van der Waals surface area contributed by atoms with Gasteiger partial charge in [0, 0.05) is 23.3 Å². The van der Waals surface area contributed by atoms with E-state index in [2.05, 4.69) is 10.2 Å². The van der Waals surface area contributed by atoms with Gasteiger partial charge < -0.3 is 10.2 Å². The van der Waals surface area contributed by atoms with E-state index in [1.165, 1.54) is 24.3 Å². The zero-order valence-electron chi connectivity index (χ0n) is 18.2. The SMILES string of the molecule is CN1CCC(N(C2CC2)S(=O)(=O)c2ccc(NC(=O)c3ccc(C(F)(F)F)cc3)cc2)CC1. The van der Waals surface area contributed by atoms with Gasteiger partial charge >= 0.3 is 6.18 Å². The van der Waals surface area contributed by atoms with E-state index in [1.54, 1.807) is 4.31 Å². The molecule has 1 saturated carbocycles. The van der Waals surface area contributed by atoms with E-state index < -0.39 is 27.7 Å². The number of hydrogen-bond donors (Lipinski definition) is 1. The molecule has 178 valence electrons. The number of alkyl halides is 3. The summed E-state index contributed by atoms with van der Waals surface area (Å²) in [6.45, 7) is 1.72. The van der Waals surface area contributed by atoms with Crippen LogP contribution in [0.3, 0.4) is 0 Å². The predicted molar refractivity (Wildman–Crippen MR) is 118 cm³/mol. The van der Waals surface area contributed by atoms with Crippen LogP contribution in [0.4, 0.5) is 18.9 Å². The molecule has 0 atom stereocenters. The molecule has 33 heavy (non-hydrogen) atoms. The first-order valence-corrected chi connectivity index (χ1v) is 12.3. The second kappa shape index (κ2) is 9.08. The van der Waals surface area contributed by atoms with Gasteiger partial charge in [-0.25, -0.2) is 8.42 Å². The van der Waals surface area contributed by atoms with E-state index >= 15 is 0 Å². The Hall–Kier alpha value is -2.43. The minimum Gasteiger partial charge on any atom is -0.322 e. The number of anilines is 1. The number of amides is 1. The molecule has 2 aromatic rings. The van der Waals surface area contributed by atoms with E-state index in [0.29, 0.717) is 5.69 Å². The Labute approximate surface area is 191 Å². The molecule has 0 unspecified atom stereocenters. The molecule has 1 amide bonds. The molecule has 2 fully saturated rings. The van der Waals surface area contributed by atoms with Gasteiger partial charge in [-0.05, 0) is 94.4 Å². The third-order valence-electron chi connectivity index (χ3n) is 6.12. The van der Waals surface area contributed by atoms with Crippen molar-refractivity contribution in [1.82, 2.24) is 9.21 Å². The summed E-state index contributed by atoms with van der Waals surface area (Å²) in [5, 5.41) is 2.59. The number of carbonyl (C=O) groups excluding carboxylic acids is 1. The van der Waals surface area contributed by atoms with Gasteiger partial charge in [-0.2, -0.15) is 17.5 Å². The standard InChI is InChI=1S/C23H26F3N3O3S/c1-28-14-12-20(13-15-28)29(19-8-9-19)33(31,32)21-10-6-18(7-11-21)27-22(30)16-2-4-17(5-3-16)23(24,25)26/h2-7,10-11,19-20H,8-9,12-15H2,1H3,(H,27,30). The van der Waals surface area contributed by atoms with Crippen molar-refractivity contribution in [3.05, 3.63) is 59.7 Å². The van der Waals surface area contributed by atoms with Gasteiger partial charge in [-0.1, -0.05) is 0 Å². The molecule has 1 heterocycles. The number of sulfonamides is 1. The van der Waals surface area contributed by atoms with Crippen LogP contribution in [0.25, 0.3) is 0 Å². The van der Waals surface area contributed by atoms with Gasteiger partial charge in [-0.15, -0.1) is 0 Å². The average Bonchev–Trinajstić information content (AvgIpc) is 3.60. The zero-order valence-corrected chi connectivity index (χ0v) is 19.0. The number of carbonyl (C=O) groups is 1. The van der Waals surface area contributed by atoms with E-state index in [0.717, 1.165) is 63.0 Å². The van der Waals surface area contributed by atoms with Crippen LogP contribution in [0.1, 0.15) is 41.6 Å². The number of rotatable bonds is 6. The third-order valence-corrected chi connectivity index (χ3v) is 8.14. The maximum atomic E-state index is 13.4. The van der Waals surface area contributed by atoms with E-state index in [4.69, 9.17) is 0 Å². The molecule has 4 rings (SSSR count). The van der Waals surface area contributed by atoms with Crippen LogP contribution in [-0.2, 0) is 16.2 Å². The van der Waals surface area contributed by atoms with Crippen LogP contribution in [0.15, 0.2) is 53.4 Å². The van der Waals surface area contributed by atoms with Crippen molar-refractivity contribution in [1.29, 1.82) is 0 Å². The number of benzene rings is 2. The van der Waals surface area contributed by atoms with Crippen molar-refractivity contribution < 1.29 is 26.4 Å². The van der Waals surface area contributed by atoms with Crippen LogP contribution < -0.4 is 5.32 Å². The van der Waals surface area contributed by atoms with Gasteiger partial charge in [-0.3, -0.25) is 4.79 Å². The quantitative estimate of drug-likeness (QED) is 0.671. The molecule has 2 aromatic carbocycles. The number of hydrogen-bond acceptors (Lipinski definition) is 4. The molecular formula is C23H26F3N3O3S. The highest BCUT2D eigenvalue weighted by molar-refractivity contribution is 7.89. The Morgan fingerprint density at radius 2 is 1.48 bits per heavy atom. The Bertz CT molecular complexity index is 1090. The molecular weight excluding hydrogens is 455 g/mol. The fourth-order valence-corrected chi connectivity index (χ4v) is 6.05. The lowest BCUT2D eigenvalue weighted by atomic mass is 10.1. The number of piperidine rings is 1. The van der Waals surface area contributed by atoms with E-state index in [9.17, 15) is 26.4 Å². The fraction of sp³-hybridized carbons (Fsp3) is 0.435. The van der Waals surface area contributed by atoms with Crippen molar-refractivity contribution in [2.24, 2.45) is 0 Å². The summed E-state index contributed by atoms with van der Waals surface area (Å²) in [5.41, 5.74) is -0.406. The Morgan fingerprint density at radius 3 is 2.00 bits per heavy atom. The fourth-order valence-electron chi connectivity index (χ4n) is 4.11. The maximum Gasteiger partial charge on any atom is 0.416 e. The first-order chi connectivity index (χ1) is 15.6. The summed E-state index contributed by atoms with van der Waals surface area (Å²) in [6, 6.07) is 9.84. The molecule has 0 radical (unpaired) electrons. The normalized spacial score (nSPS) is 18.5. The van der Waals surface area contributed by atoms with Crippen molar-refractivity contribution >= 4 is 21.6 Å². The molecule has 1 aliphatic carbocycles. The number of nitrogens with one attached hydrogen (secondary N) is 1. The van der Waals surface area contributed by atoms with Crippen molar-refractivity contribution in [2.75, 3.05) is 25.5 Å². The third kappa shape index (κ3) is 5.39. The molecule has 0 aromatic heterocycles. The van der Waals surface area contributed by atoms with Gasteiger partial charge in [0.05, 0.1) is 10.5 Å². The largest absolute Gasteiger partial charge is 0.416 e. The topological polar surface area (TPSA) is 69.7 Å². The van der Waals surface area contributed by atoms with Crippen LogP contribution in [0.5, 0.6) is 0 Å². The second-order valence-electron chi connectivity index (χ2n) is 8.65. The summed E-state index contributed by atoms with van der Waals surface area (Å²) >= 11 is 0. The zero-order chi connectivity index (χ0) is 23.8. The molecule has 6 nitrogen and oxygen atoms in total. The first-order valence-electron chi connectivity index (χ1n) is 10.9. The predicted octanol–water partition coefficient (Wildman–Crippen LogP) is 4.21. The van der Waals surface area contributed by atoms with Gasteiger partial charge in [0.1, 0.15) is 0 Å². The lowest BCUT2D eigenvalue weighted by Crippen LogP contribution is -2.47. The summed E-state index contributed by atoms with van der Waals surface area (Å²) in [4.78, 5) is 14.7. The smallest absolute Gasteiger partial charge is 0.322 e. The van der Waals surface area contributed by atoms with Crippen LogP contribution >= 0.6 is 0 Å². The Kier molecular flexibility index (Phi) is 6.52. The number of nitrogens with zero attached hydrogens (tertiary/aromatic N) is 2. The van der Waals surface area contributed by atoms with Crippen molar-refractivity contribution in [3.8, 4) is 0 Å². The average molecular weight is 482 g/mol. The van der Waals surface area contributed by atoms with E-state index in [-0.39, 0.29) is 22.5 Å². The summed E-state index contributed by atoms with van der Waals surface area (Å²) in [5.74, 6) is -0.578. The van der Waals surface area contributed by atoms with Gasteiger partial charge in [0.2, 0.25) is 10.0 Å². The Balaban J connectivity index is 1.46. The minimum atomic E-state index is -4.47. The summed E-state index contributed by atoms with van der Waals surface area (Å²) in [7, 11) is -1.64. The first kappa shape index (κ1) is 23.7.